The van der Waals surface area contributed by atoms with Crippen molar-refractivity contribution in [3.63, 3.8) is 0 Å². The van der Waals surface area contributed by atoms with Crippen LogP contribution in [0.5, 0.6) is 5.75 Å². The summed E-state index contributed by atoms with van der Waals surface area (Å²) in [6, 6.07) is 11.8. The van der Waals surface area contributed by atoms with Crippen molar-refractivity contribution in [3.8, 4) is 5.75 Å². The fourth-order valence-electron chi connectivity index (χ4n) is 3.70. The summed E-state index contributed by atoms with van der Waals surface area (Å²) in [7, 11) is -2.13. The fraction of sp³-hybridized carbons (Fsp3) is 0.435. The summed E-state index contributed by atoms with van der Waals surface area (Å²) in [5.74, 6) is 0.636. The molecule has 162 valence electrons. The van der Waals surface area contributed by atoms with Crippen molar-refractivity contribution in [2.45, 2.75) is 61.3 Å². The average Bonchev–Trinajstić information content (AvgIpc) is 2.70. The molecule has 0 aliphatic heterocycles. The quantitative estimate of drug-likeness (QED) is 0.755. The molecule has 30 heavy (non-hydrogen) atoms. The highest BCUT2D eigenvalue weighted by Crippen LogP contribution is 2.34. The van der Waals surface area contributed by atoms with Crippen molar-refractivity contribution in [1.82, 2.24) is 5.32 Å². The topological polar surface area (TPSA) is 81.7 Å². The molecule has 1 aliphatic rings. The van der Waals surface area contributed by atoms with Gasteiger partial charge in [-0.05, 0) is 81.5 Å². The van der Waals surface area contributed by atoms with Gasteiger partial charge in [-0.1, -0.05) is 12.1 Å². The second-order valence-corrected chi connectivity index (χ2v) is 10.5. The number of fused-ring (bicyclic) bond motifs is 1. The van der Waals surface area contributed by atoms with Crippen LogP contribution in [0.3, 0.4) is 0 Å². The van der Waals surface area contributed by atoms with Crippen LogP contribution >= 0.6 is 0 Å². The van der Waals surface area contributed by atoms with Crippen LogP contribution in [0, 0.1) is 0 Å². The van der Waals surface area contributed by atoms with Crippen LogP contribution in [0.4, 0.5) is 4.79 Å². The van der Waals surface area contributed by atoms with E-state index in [1.54, 1.807) is 30.3 Å². The van der Waals surface area contributed by atoms with Gasteiger partial charge in [-0.15, -0.1) is 0 Å². The van der Waals surface area contributed by atoms with Crippen LogP contribution in [-0.4, -0.2) is 33.8 Å². The van der Waals surface area contributed by atoms with E-state index in [-0.39, 0.29) is 15.7 Å². The number of ether oxygens (including phenoxy) is 2. The lowest BCUT2D eigenvalue weighted by molar-refractivity contribution is 0.0523. The third kappa shape index (κ3) is 5.14. The number of hydrogen-bond donors (Lipinski definition) is 1. The van der Waals surface area contributed by atoms with Crippen LogP contribution in [0.2, 0.25) is 0 Å². The summed E-state index contributed by atoms with van der Waals surface area (Å²) in [5.41, 5.74) is 1.56. The number of sulfone groups is 1. The van der Waals surface area contributed by atoms with Gasteiger partial charge >= 0.3 is 6.09 Å². The number of methoxy groups -OCH3 is 1. The van der Waals surface area contributed by atoms with Crippen molar-refractivity contribution in [1.29, 1.82) is 0 Å². The Hall–Kier alpha value is -2.54. The molecule has 1 amide bonds. The largest absolute Gasteiger partial charge is 0.497 e. The summed E-state index contributed by atoms with van der Waals surface area (Å²) >= 11 is 0. The molecule has 1 unspecified atom stereocenters. The lowest BCUT2D eigenvalue weighted by atomic mass is 9.83. The van der Waals surface area contributed by atoms with Gasteiger partial charge in [0.1, 0.15) is 11.4 Å². The Kier molecular flexibility index (Phi) is 6.41. The van der Waals surface area contributed by atoms with E-state index in [9.17, 15) is 13.2 Å². The first-order chi connectivity index (χ1) is 14.1. The number of alkyl carbamates (subject to hydrolysis) is 1. The average molecular weight is 432 g/mol. The van der Waals surface area contributed by atoms with Gasteiger partial charge < -0.3 is 14.8 Å². The first kappa shape index (κ1) is 22.2. The van der Waals surface area contributed by atoms with Gasteiger partial charge in [-0.3, -0.25) is 0 Å². The molecule has 0 aromatic heterocycles. The number of carbonyl (C=O) groups is 1. The number of nitrogens with one attached hydrogen (secondary N) is 1. The van der Waals surface area contributed by atoms with E-state index >= 15 is 0 Å². The van der Waals surface area contributed by atoms with Crippen LogP contribution in [0.25, 0.3) is 0 Å². The Morgan fingerprint density at radius 2 is 1.87 bits per heavy atom. The van der Waals surface area contributed by atoms with Crippen LogP contribution in [0.1, 0.15) is 50.7 Å². The minimum atomic E-state index is -3.64. The Morgan fingerprint density at radius 3 is 2.57 bits per heavy atom. The zero-order chi connectivity index (χ0) is 21.9. The molecule has 0 heterocycles. The summed E-state index contributed by atoms with van der Waals surface area (Å²) in [6.07, 6.45) is 2.26. The molecule has 7 heteroatoms. The predicted octanol–water partition coefficient (Wildman–Crippen LogP) is 4.47. The summed E-state index contributed by atoms with van der Waals surface area (Å²) < 4.78 is 36.6. The molecule has 1 N–H and O–H groups in total. The van der Waals surface area contributed by atoms with E-state index in [1.807, 2.05) is 26.8 Å². The highest BCUT2D eigenvalue weighted by molar-refractivity contribution is 7.91. The molecule has 1 atom stereocenters. The Labute approximate surface area is 178 Å². The molecular weight excluding hydrogens is 402 g/mol. The van der Waals surface area contributed by atoms with E-state index in [0.29, 0.717) is 12.3 Å². The van der Waals surface area contributed by atoms with Crippen molar-refractivity contribution >= 4 is 15.9 Å². The first-order valence-corrected chi connectivity index (χ1v) is 11.6. The van der Waals surface area contributed by atoms with Crippen molar-refractivity contribution in [2.24, 2.45) is 0 Å². The van der Waals surface area contributed by atoms with Gasteiger partial charge in [-0.25, -0.2) is 13.2 Å². The van der Waals surface area contributed by atoms with Crippen LogP contribution in [-0.2, 0) is 21.0 Å². The fourth-order valence-corrected chi connectivity index (χ4v) is 5.04. The number of rotatable bonds is 5. The molecule has 0 fully saturated rings. The lowest BCUT2D eigenvalue weighted by Gasteiger charge is -2.27. The minimum Gasteiger partial charge on any atom is -0.497 e. The van der Waals surface area contributed by atoms with E-state index in [0.717, 1.165) is 30.4 Å². The molecule has 0 saturated heterocycles. The summed E-state index contributed by atoms with van der Waals surface area (Å²) in [4.78, 5) is 12.5. The molecule has 3 rings (SSSR count). The molecule has 0 spiro atoms. The molecular formula is C23H29NO5S. The van der Waals surface area contributed by atoms with Gasteiger partial charge in [0.25, 0.3) is 0 Å². The monoisotopic (exact) mass is 431 g/mol. The van der Waals surface area contributed by atoms with E-state index < -0.39 is 21.5 Å². The number of amides is 1. The Morgan fingerprint density at radius 1 is 1.13 bits per heavy atom. The van der Waals surface area contributed by atoms with E-state index in [4.69, 9.17) is 9.47 Å². The number of aryl methyl sites for hydroxylation is 1. The maximum Gasteiger partial charge on any atom is 0.407 e. The van der Waals surface area contributed by atoms with Gasteiger partial charge in [-0.2, -0.15) is 0 Å². The Balaban J connectivity index is 1.80. The van der Waals surface area contributed by atoms with Gasteiger partial charge in [0, 0.05) is 12.5 Å². The molecule has 6 nitrogen and oxygen atoms in total. The molecule has 0 bridgehead atoms. The molecule has 2 aromatic carbocycles. The van der Waals surface area contributed by atoms with E-state index in [1.165, 1.54) is 13.2 Å². The standard InChI is InChI=1S/C23H29NO5S/c1-23(2,3)29-22(25)24-15-17-8-5-7-16-13-20(11-12-21(16)17)30(26,27)19-10-6-9-18(14-19)28-4/h6,9-14,17H,5,7-8,15H2,1-4H3,(H,24,25). The maximum absolute atomic E-state index is 13.1. The van der Waals surface area contributed by atoms with Crippen LogP contribution in [0.15, 0.2) is 52.3 Å². The number of carbonyl (C=O) groups excluding carboxylic acids is 1. The second-order valence-electron chi connectivity index (χ2n) is 8.51. The molecule has 0 saturated carbocycles. The highest BCUT2D eigenvalue weighted by atomic mass is 32.2. The van der Waals surface area contributed by atoms with Gasteiger partial charge in [0.05, 0.1) is 16.9 Å². The predicted molar refractivity (Wildman–Crippen MR) is 115 cm³/mol. The summed E-state index contributed by atoms with van der Waals surface area (Å²) in [6.45, 7) is 5.94. The zero-order valence-corrected chi connectivity index (χ0v) is 18.7. The van der Waals surface area contributed by atoms with Gasteiger partial charge in [0.15, 0.2) is 0 Å². The third-order valence-corrected chi connectivity index (χ3v) is 6.86. The highest BCUT2D eigenvalue weighted by Gasteiger charge is 2.25. The van der Waals surface area contributed by atoms with Crippen molar-refractivity contribution in [3.05, 3.63) is 53.6 Å². The van der Waals surface area contributed by atoms with Crippen molar-refractivity contribution in [2.75, 3.05) is 13.7 Å². The first-order valence-electron chi connectivity index (χ1n) is 10.1. The number of benzene rings is 2. The lowest BCUT2D eigenvalue weighted by Crippen LogP contribution is -2.35. The van der Waals surface area contributed by atoms with Crippen LogP contribution < -0.4 is 10.1 Å². The van der Waals surface area contributed by atoms with Crippen molar-refractivity contribution < 1.29 is 22.7 Å². The minimum absolute atomic E-state index is 0.134. The SMILES string of the molecule is COc1cccc(S(=O)(=O)c2ccc3c(c2)CCCC3CNC(=O)OC(C)(C)C)c1. The normalized spacial score (nSPS) is 16.5. The smallest absolute Gasteiger partial charge is 0.407 e. The number of hydrogen-bond acceptors (Lipinski definition) is 5. The third-order valence-electron chi connectivity index (χ3n) is 5.11. The maximum atomic E-state index is 13.1. The zero-order valence-electron chi connectivity index (χ0n) is 17.9. The molecule has 0 radical (unpaired) electrons. The Bertz CT molecular complexity index is 1020. The molecule has 1 aliphatic carbocycles. The van der Waals surface area contributed by atoms with E-state index in [2.05, 4.69) is 5.32 Å². The second kappa shape index (κ2) is 8.68. The molecule has 2 aromatic rings. The summed E-state index contributed by atoms with van der Waals surface area (Å²) in [5, 5.41) is 2.84. The van der Waals surface area contributed by atoms with Gasteiger partial charge in [0.2, 0.25) is 9.84 Å².